The molecule has 0 unspecified atom stereocenters. The van der Waals surface area contributed by atoms with Crippen LogP contribution in [0.15, 0.2) is 59.0 Å². The van der Waals surface area contributed by atoms with Crippen molar-refractivity contribution in [3.63, 3.8) is 0 Å². The van der Waals surface area contributed by atoms with E-state index in [4.69, 9.17) is 0 Å². The number of hydrogen-bond donors (Lipinski definition) is 0. The molecule has 1 aromatic carbocycles. The summed E-state index contributed by atoms with van der Waals surface area (Å²) in [5, 5.41) is 29.1. The fourth-order valence-corrected chi connectivity index (χ4v) is 3.02. The zero-order valence-corrected chi connectivity index (χ0v) is 14.4. The van der Waals surface area contributed by atoms with Crippen molar-refractivity contribution >= 4 is 29.1 Å². The van der Waals surface area contributed by atoms with Gasteiger partial charge in [0, 0.05) is 19.3 Å². The summed E-state index contributed by atoms with van der Waals surface area (Å²) in [4.78, 5) is 15.6. The maximum absolute atomic E-state index is 11.5. The van der Waals surface area contributed by atoms with Crippen molar-refractivity contribution in [1.82, 2.24) is 19.7 Å². The van der Waals surface area contributed by atoms with E-state index in [1.807, 2.05) is 0 Å². The van der Waals surface area contributed by atoms with E-state index in [1.54, 1.807) is 54.2 Å². The predicted octanol–water partition coefficient (Wildman–Crippen LogP) is 3.33. The molecular weight excluding hydrogens is 352 g/mol. The van der Waals surface area contributed by atoms with Gasteiger partial charge in [-0.15, -0.1) is 10.2 Å². The average molecular weight is 364 g/mol. The number of nitro groups is 1. The van der Waals surface area contributed by atoms with Crippen molar-refractivity contribution < 1.29 is 4.92 Å². The van der Waals surface area contributed by atoms with Gasteiger partial charge in [0.2, 0.25) is 0 Å². The standard InChI is InChI=1S/C17H12N6O2S/c1-22-11-20-21-17(22)26-16-6-5-12(9-15(16)23(24)25)8-13(10-18)14-4-2-3-7-19-14/h2-9,11H,1H3. The van der Waals surface area contributed by atoms with Crippen LogP contribution in [0.4, 0.5) is 5.69 Å². The quantitative estimate of drug-likeness (QED) is 0.388. The summed E-state index contributed by atoms with van der Waals surface area (Å²) in [5.74, 6) is 0. The lowest BCUT2D eigenvalue weighted by Crippen LogP contribution is -1.94. The molecule has 0 fully saturated rings. The molecule has 0 bridgehead atoms. The fraction of sp³-hybridized carbons (Fsp3) is 0.0588. The topological polar surface area (TPSA) is 111 Å². The second-order valence-electron chi connectivity index (χ2n) is 5.20. The van der Waals surface area contributed by atoms with Gasteiger partial charge in [-0.25, -0.2) is 0 Å². The Bertz CT molecular complexity index is 1020. The molecule has 0 radical (unpaired) electrons. The molecule has 26 heavy (non-hydrogen) atoms. The van der Waals surface area contributed by atoms with Crippen LogP contribution in [0.25, 0.3) is 11.6 Å². The zero-order chi connectivity index (χ0) is 18.5. The monoisotopic (exact) mass is 364 g/mol. The van der Waals surface area contributed by atoms with Gasteiger partial charge in [0.15, 0.2) is 5.16 Å². The van der Waals surface area contributed by atoms with E-state index in [0.717, 1.165) is 11.8 Å². The Hall–Kier alpha value is -3.51. The van der Waals surface area contributed by atoms with E-state index < -0.39 is 4.92 Å². The van der Waals surface area contributed by atoms with E-state index in [2.05, 4.69) is 21.3 Å². The van der Waals surface area contributed by atoms with Gasteiger partial charge in [-0.05, 0) is 41.6 Å². The summed E-state index contributed by atoms with van der Waals surface area (Å²) in [5.41, 5.74) is 1.31. The summed E-state index contributed by atoms with van der Waals surface area (Å²) in [6.07, 6.45) is 4.69. The first-order valence-corrected chi connectivity index (χ1v) is 8.23. The molecular formula is C17H12N6O2S. The first-order valence-electron chi connectivity index (χ1n) is 7.42. The van der Waals surface area contributed by atoms with Crippen molar-refractivity contribution in [2.75, 3.05) is 0 Å². The molecule has 3 aromatic rings. The Morgan fingerprint density at radius 3 is 2.85 bits per heavy atom. The van der Waals surface area contributed by atoms with Crippen molar-refractivity contribution in [1.29, 1.82) is 5.26 Å². The van der Waals surface area contributed by atoms with Crippen LogP contribution in [0, 0.1) is 21.4 Å². The molecule has 128 valence electrons. The number of nitro benzene ring substituents is 1. The highest BCUT2D eigenvalue weighted by Gasteiger charge is 2.17. The number of hydrogen-bond acceptors (Lipinski definition) is 7. The van der Waals surface area contributed by atoms with Crippen LogP contribution in [0.5, 0.6) is 0 Å². The lowest BCUT2D eigenvalue weighted by molar-refractivity contribution is -0.387. The number of benzene rings is 1. The molecule has 2 aromatic heterocycles. The Balaban J connectivity index is 1.99. The molecule has 0 aliphatic rings. The third kappa shape index (κ3) is 3.76. The van der Waals surface area contributed by atoms with E-state index in [1.165, 1.54) is 12.4 Å². The van der Waals surface area contributed by atoms with Crippen molar-refractivity contribution in [2.45, 2.75) is 10.1 Å². The number of nitriles is 1. The van der Waals surface area contributed by atoms with E-state index in [9.17, 15) is 15.4 Å². The molecule has 0 aliphatic carbocycles. The molecule has 0 atom stereocenters. The summed E-state index contributed by atoms with van der Waals surface area (Å²) in [6.45, 7) is 0. The molecule has 8 nitrogen and oxygen atoms in total. The van der Waals surface area contributed by atoms with Crippen molar-refractivity contribution in [3.8, 4) is 6.07 Å². The molecule has 0 saturated carbocycles. The molecule has 3 rings (SSSR count). The van der Waals surface area contributed by atoms with Gasteiger partial charge in [0.05, 0.1) is 21.1 Å². The second kappa shape index (κ2) is 7.58. The Kier molecular flexibility index (Phi) is 5.05. The number of rotatable bonds is 5. The van der Waals surface area contributed by atoms with Gasteiger partial charge >= 0.3 is 0 Å². The van der Waals surface area contributed by atoms with Gasteiger partial charge in [-0.2, -0.15) is 5.26 Å². The number of aryl methyl sites for hydroxylation is 1. The molecule has 0 saturated heterocycles. The Morgan fingerprint density at radius 2 is 2.23 bits per heavy atom. The van der Waals surface area contributed by atoms with Gasteiger partial charge in [-0.3, -0.25) is 15.1 Å². The normalized spacial score (nSPS) is 11.2. The minimum Gasteiger partial charge on any atom is -0.311 e. The number of nitrogens with zero attached hydrogens (tertiary/aromatic N) is 6. The molecule has 0 N–H and O–H groups in total. The van der Waals surface area contributed by atoms with Crippen molar-refractivity contribution in [3.05, 3.63) is 70.3 Å². The van der Waals surface area contributed by atoms with Gasteiger partial charge < -0.3 is 4.57 Å². The highest BCUT2D eigenvalue weighted by atomic mass is 32.2. The largest absolute Gasteiger partial charge is 0.311 e. The van der Waals surface area contributed by atoms with Crippen LogP contribution in [0.2, 0.25) is 0 Å². The summed E-state index contributed by atoms with van der Waals surface area (Å²) >= 11 is 1.16. The van der Waals surface area contributed by atoms with E-state index >= 15 is 0 Å². The van der Waals surface area contributed by atoms with E-state index in [0.29, 0.717) is 26.9 Å². The minimum absolute atomic E-state index is 0.0648. The van der Waals surface area contributed by atoms with Crippen LogP contribution in [0.3, 0.4) is 0 Å². The Morgan fingerprint density at radius 1 is 1.38 bits per heavy atom. The van der Waals surface area contributed by atoms with Crippen molar-refractivity contribution in [2.24, 2.45) is 7.05 Å². The number of pyridine rings is 1. The molecule has 2 heterocycles. The van der Waals surface area contributed by atoms with Gasteiger partial charge in [0.1, 0.15) is 12.4 Å². The van der Waals surface area contributed by atoms with Crippen LogP contribution in [-0.4, -0.2) is 24.7 Å². The average Bonchev–Trinajstić information content (AvgIpc) is 3.06. The highest BCUT2D eigenvalue weighted by Crippen LogP contribution is 2.34. The molecule has 0 amide bonds. The van der Waals surface area contributed by atoms with Gasteiger partial charge in [0.25, 0.3) is 5.69 Å². The maximum Gasteiger partial charge on any atom is 0.283 e. The molecule has 0 spiro atoms. The summed E-state index contributed by atoms with van der Waals surface area (Å²) in [6, 6.07) is 12.1. The van der Waals surface area contributed by atoms with Crippen LogP contribution >= 0.6 is 11.8 Å². The lowest BCUT2D eigenvalue weighted by Gasteiger charge is -2.04. The first kappa shape index (κ1) is 17.3. The fourth-order valence-electron chi connectivity index (χ4n) is 2.17. The predicted molar refractivity (Wildman–Crippen MR) is 95.9 cm³/mol. The zero-order valence-electron chi connectivity index (χ0n) is 13.6. The van der Waals surface area contributed by atoms with E-state index in [-0.39, 0.29) is 5.69 Å². The number of aromatic nitrogens is 4. The van der Waals surface area contributed by atoms with Crippen LogP contribution in [0.1, 0.15) is 11.3 Å². The smallest absolute Gasteiger partial charge is 0.283 e. The minimum atomic E-state index is -0.455. The second-order valence-corrected chi connectivity index (χ2v) is 6.20. The summed E-state index contributed by atoms with van der Waals surface area (Å²) in [7, 11) is 1.76. The first-order chi connectivity index (χ1) is 12.6. The number of allylic oxidation sites excluding steroid dienone is 1. The lowest BCUT2D eigenvalue weighted by atomic mass is 10.1. The third-order valence-corrected chi connectivity index (χ3v) is 4.54. The van der Waals surface area contributed by atoms with Crippen LogP contribution < -0.4 is 0 Å². The molecule has 0 aliphatic heterocycles. The SMILES string of the molecule is Cn1cnnc1Sc1ccc(C=C(C#N)c2ccccn2)cc1[N+](=O)[O-]. The highest BCUT2D eigenvalue weighted by molar-refractivity contribution is 7.99. The summed E-state index contributed by atoms with van der Waals surface area (Å²) < 4.78 is 1.68. The van der Waals surface area contributed by atoms with Gasteiger partial charge in [-0.1, -0.05) is 12.1 Å². The Labute approximate surface area is 153 Å². The third-order valence-electron chi connectivity index (χ3n) is 3.42. The maximum atomic E-state index is 11.5. The molecule has 9 heteroatoms. The van der Waals surface area contributed by atoms with Crippen LogP contribution in [-0.2, 0) is 7.05 Å².